The molecular weight excluding hydrogens is 408 g/mol. The van der Waals surface area contributed by atoms with Gasteiger partial charge in [0.1, 0.15) is 22.9 Å². The second-order valence-electron chi connectivity index (χ2n) is 8.68. The van der Waals surface area contributed by atoms with Gasteiger partial charge in [-0.15, -0.1) is 0 Å². The molecule has 0 saturated heterocycles. The van der Waals surface area contributed by atoms with Crippen LogP contribution in [-0.4, -0.2) is 20.7 Å². The largest absolute Gasteiger partial charge is 0.345 e. The Labute approximate surface area is 178 Å². The molecule has 3 aromatic heterocycles. The number of nitrogens with zero attached hydrogens (tertiary/aromatic N) is 2. The molecule has 4 nitrogen and oxygen atoms in total. The maximum atomic E-state index is 14.7. The zero-order valence-electron chi connectivity index (χ0n) is 16.6. The van der Waals surface area contributed by atoms with Gasteiger partial charge in [0.05, 0.1) is 10.7 Å². The Bertz CT molecular complexity index is 1140. The summed E-state index contributed by atoms with van der Waals surface area (Å²) in [4.78, 5) is 24.0. The highest BCUT2D eigenvalue weighted by molar-refractivity contribution is 6.31. The SMILES string of the molecule is CC(=O)[C@@H]1C2CCC(CC2)[C@H]1Cc1nc(-c2c[nH]c3ncc(Cl)cc23)c(F)cc1F. The first kappa shape index (κ1) is 19.6. The van der Waals surface area contributed by atoms with Crippen LogP contribution in [-0.2, 0) is 11.2 Å². The average molecular weight is 430 g/mol. The summed E-state index contributed by atoms with van der Waals surface area (Å²) in [6.07, 6.45) is 7.75. The molecule has 2 atom stereocenters. The molecule has 7 heteroatoms. The lowest BCUT2D eigenvalue weighted by atomic mass is 9.56. The molecule has 0 amide bonds. The van der Waals surface area contributed by atoms with Gasteiger partial charge in [-0.3, -0.25) is 4.79 Å². The second-order valence-corrected chi connectivity index (χ2v) is 9.12. The van der Waals surface area contributed by atoms with Gasteiger partial charge in [0.15, 0.2) is 5.82 Å². The number of carbonyl (C=O) groups excluding carboxylic acids is 1. The number of fused-ring (bicyclic) bond motifs is 4. The van der Waals surface area contributed by atoms with E-state index in [9.17, 15) is 13.6 Å². The molecular formula is C23H22ClF2N3O. The number of aromatic amines is 1. The summed E-state index contributed by atoms with van der Waals surface area (Å²) >= 11 is 6.06. The van der Waals surface area contributed by atoms with E-state index in [2.05, 4.69) is 15.0 Å². The predicted octanol–water partition coefficient (Wildman–Crippen LogP) is 5.74. The van der Waals surface area contributed by atoms with Gasteiger partial charge >= 0.3 is 0 Å². The van der Waals surface area contributed by atoms with E-state index >= 15 is 0 Å². The number of nitrogens with one attached hydrogen (secondary N) is 1. The number of hydrogen-bond acceptors (Lipinski definition) is 3. The lowest BCUT2D eigenvalue weighted by Crippen LogP contribution is -2.44. The van der Waals surface area contributed by atoms with Crippen molar-refractivity contribution in [2.75, 3.05) is 0 Å². The van der Waals surface area contributed by atoms with Crippen LogP contribution in [0, 0.1) is 35.3 Å². The normalized spacial score (nSPS) is 25.7. The number of pyridine rings is 2. The number of rotatable bonds is 4. The molecule has 30 heavy (non-hydrogen) atoms. The molecule has 3 saturated carbocycles. The molecule has 3 aromatic rings. The molecule has 0 spiro atoms. The minimum absolute atomic E-state index is 0.0525. The number of Topliss-reactive ketones (excluding diaryl/α,β-unsaturated/α-hetero) is 1. The molecule has 0 radical (unpaired) electrons. The summed E-state index contributed by atoms with van der Waals surface area (Å²) in [7, 11) is 0. The van der Waals surface area contributed by atoms with Crippen LogP contribution in [0.25, 0.3) is 22.3 Å². The zero-order chi connectivity index (χ0) is 21.0. The highest BCUT2D eigenvalue weighted by atomic mass is 35.5. The highest BCUT2D eigenvalue weighted by Crippen LogP contribution is 2.50. The summed E-state index contributed by atoms with van der Waals surface area (Å²) in [6, 6.07) is 2.59. The Morgan fingerprint density at radius 1 is 1.17 bits per heavy atom. The van der Waals surface area contributed by atoms with E-state index in [1.54, 1.807) is 19.2 Å². The molecule has 2 bridgehead atoms. The fourth-order valence-corrected chi connectivity index (χ4v) is 5.89. The van der Waals surface area contributed by atoms with Crippen molar-refractivity contribution < 1.29 is 13.6 Å². The molecule has 6 rings (SSSR count). The van der Waals surface area contributed by atoms with Crippen LogP contribution in [0.1, 0.15) is 38.3 Å². The fourth-order valence-electron chi connectivity index (χ4n) is 5.74. The van der Waals surface area contributed by atoms with Crippen LogP contribution in [0.2, 0.25) is 5.02 Å². The van der Waals surface area contributed by atoms with Gasteiger partial charge in [-0.05, 0) is 62.8 Å². The van der Waals surface area contributed by atoms with Crippen LogP contribution in [0.5, 0.6) is 0 Å². The van der Waals surface area contributed by atoms with E-state index in [1.165, 1.54) is 6.20 Å². The van der Waals surface area contributed by atoms with Gasteiger partial charge in [-0.2, -0.15) is 0 Å². The molecule has 1 N–H and O–H groups in total. The van der Waals surface area contributed by atoms with E-state index in [4.69, 9.17) is 11.6 Å². The van der Waals surface area contributed by atoms with Crippen molar-refractivity contribution >= 4 is 28.4 Å². The summed E-state index contributed by atoms with van der Waals surface area (Å²) in [5.74, 6) is -0.425. The minimum Gasteiger partial charge on any atom is -0.345 e. The van der Waals surface area contributed by atoms with Crippen molar-refractivity contribution in [3.63, 3.8) is 0 Å². The number of aromatic nitrogens is 3. The first-order valence-corrected chi connectivity index (χ1v) is 10.8. The predicted molar refractivity (Wildman–Crippen MR) is 111 cm³/mol. The van der Waals surface area contributed by atoms with E-state index in [1.807, 2.05) is 0 Å². The average Bonchev–Trinajstić information content (AvgIpc) is 3.13. The van der Waals surface area contributed by atoms with Crippen molar-refractivity contribution in [1.82, 2.24) is 15.0 Å². The molecule has 3 heterocycles. The number of halogens is 3. The molecule has 3 aliphatic rings. The van der Waals surface area contributed by atoms with Crippen LogP contribution < -0.4 is 0 Å². The Kier molecular flexibility index (Phi) is 4.85. The minimum atomic E-state index is -0.731. The van der Waals surface area contributed by atoms with Gasteiger partial charge in [-0.25, -0.2) is 18.7 Å². The van der Waals surface area contributed by atoms with Crippen LogP contribution >= 0.6 is 11.6 Å². The lowest BCUT2D eigenvalue weighted by molar-refractivity contribution is -0.130. The molecule has 0 aliphatic heterocycles. The Hall–Kier alpha value is -2.34. The Balaban J connectivity index is 1.55. The smallest absolute Gasteiger partial charge is 0.152 e. The monoisotopic (exact) mass is 429 g/mol. The maximum Gasteiger partial charge on any atom is 0.152 e. The van der Waals surface area contributed by atoms with Crippen molar-refractivity contribution in [1.29, 1.82) is 0 Å². The third-order valence-electron chi connectivity index (χ3n) is 7.04. The molecule has 0 aromatic carbocycles. The van der Waals surface area contributed by atoms with E-state index in [-0.39, 0.29) is 29.0 Å². The number of ketones is 1. The third-order valence-corrected chi connectivity index (χ3v) is 7.25. The molecule has 156 valence electrons. The molecule has 0 unspecified atom stereocenters. The summed E-state index contributed by atoms with van der Waals surface area (Å²) in [5, 5.41) is 1.05. The first-order valence-electron chi connectivity index (χ1n) is 10.4. The van der Waals surface area contributed by atoms with Crippen molar-refractivity contribution in [3.05, 3.63) is 46.9 Å². The van der Waals surface area contributed by atoms with Crippen molar-refractivity contribution in [3.8, 4) is 11.3 Å². The van der Waals surface area contributed by atoms with Crippen molar-refractivity contribution in [2.45, 2.75) is 39.0 Å². The van der Waals surface area contributed by atoms with Gasteiger partial charge in [0.2, 0.25) is 0 Å². The summed E-state index contributed by atoms with van der Waals surface area (Å²) < 4.78 is 29.5. The quantitative estimate of drug-likeness (QED) is 0.575. The topological polar surface area (TPSA) is 58.6 Å². The van der Waals surface area contributed by atoms with E-state index in [0.717, 1.165) is 31.7 Å². The molecule has 3 aliphatic carbocycles. The number of hydrogen-bond donors (Lipinski definition) is 1. The van der Waals surface area contributed by atoms with Crippen LogP contribution in [0.15, 0.2) is 24.5 Å². The molecule has 3 fully saturated rings. The summed E-state index contributed by atoms with van der Waals surface area (Å²) in [5.41, 5.74) is 1.34. The van der Waals surface area contributed by atoms with Gasteiger partial charge in [-0.1, -0.05) is 11.6 Å². The number of carbonyl (C=O) groups is 1. The van der Waals surface area contributed by atoms with Crippen LogP contribution in [0.4, 0.5) is 8.78 Å². The summed E-state index contributed by atoms with van der Waals surface area (Å²) in [6.45, 7) is 1.64. The van der Waals surface area contributed by atoms with Gasteiger partial charge in [0, 0.05) is 35.3 Å². The number of H-pyrrole nitrogens is 1. The zero-order valence-corrected chi connectivity index (χ0v) is 17.3. The van der Waals surface area contributed by atoms with Crippen molar-refractivity contribution in [2.24, 2.45) is 23.7 Å². The third kappa shape index (κ3) is 3.22. The standard InChI is InChI=1S/C23H22ClF2N3O/c1-11(30)21-13-4-2-12(3-5-13)15(21)7-20-18(25)8-19(26)22(29-20)17-10-28-23-16(17)6-14(24)9-27-23/h6,8-10,12-13,15,21H,2-5,7H2,1H3,(H,27,28)/t12?,13?,15-,21-/m1/s1. The van der Waals surface area contributed by atoms with Gasteiger partial charge < -0.3 is 4.98 Å². The first-order chi connectivity index (χ1) is 14.4. The van der Waals surface area contributed by atoms with E-state index in [0.29, 0.717) is 39.9 Å². The highest BCUT2D eigenvalue weighted by Gasteiger charge is 2.45. The fraction of sp³-hybridized carbons (Fsp3) is 0.435. The maximum absolute atomic E-state index is 14.7. The van der Waals surface area contributed by atoms with E-state index < -0.39 is 11.6 Å². The Morgan fingerprint density at radius 2 is 1.90 bits per heavy atom. The Morgan fingerprint density at radius 3 is 2.63 bits per heavy atom. The lowest BCUT2D eigenvalue weighted by Gasteiger charge is -2.47. The van der Waals surface area contributed by atoms with Gasteiger partial charge in [0.25, 0.3) is 0 Å². The van der Waals surface area contributed by atoms with Crippen LogP contribution in [0.3, 0.4) is 0 Å². The second kappa shape index (κ2) is 7.41.